The van der Waals surface area contributed by atoms with Gasteiger partial charge in [0.2, 0.25) is 0 Å². The van der Waals surface area contributed by atoms with Gasteiger partial charge in [0, 0.05) is 19.0 Å². The molecular formula is C18H14ClF4N3O4. The van der Waals surface area contributed by atoms with Gasteiger partial charge in [-0.3, -0.25) is 14.2 Å². The van der Waals surface area contributed by atoms with E-state index < -0.39 is 51.5 Å². The van der Waals surface area contributed by atoms with Crippen molar-refractivity contribution in [3.8, 4) is 11.8 Å². The molecule has 0 N–H and O–H groups in total. The number of alkyl halides is 4. The summed E-state index contributed by atoms with van der Waals surface area (Å²) >= 11 is 5.88. The predicted octanol–water partition coefficient (Wildman–Crippen LogP) is 2.20. The van der Waals surface area contributed by atoms with E-state index in [0.717, 1.165) is 27.1 Å². The molecule has 2 rings (SSSR count). The summed E-state index contributed by atoms with van der Waals surface area (Å²) < 4.78 is 59.2. The normalized spacial score (nSPS) is 12.4. The molecular weight excluding hydrogens is 434 g/mol. The highest BCUT2D eigenvalue weighted by molar-refractivity contribution is 6.30. The van der Waals surface area contributed by atoms with E-state index >= 15 is 0 Å². The Balaban J connectivity index is 2.82. The number of halogens is 5. The molecule has 160 valence electrons. The van der Waals surface area contributed by atoms with Crippen LogP contribution in [-0.4, -0.2) is 27.6 Å². The van der Waals surface area contributed by atoms with Crippen LogP contribution in [0.15, 0.2) is 21.7 Å². The van der Waals surface area contributed by atoms with Gasteiger partial charge in [-0.15, -0.1) is 11.6 Å². The summed E-state index contributed by atoms with van der Waals surface area (Å²) in [6.45, 7) is 0.857. The second-order valence-electron chi connectivity index (χ2n) is 6.22. The van der Waals surface area contributed by atoms with Crippen molar-refractivity contribution in [1.29, 1.82) is 5.26 Å². The van der Waals surface area contributed by atoms with Crippen molar-refractivity contribution in [2.75, 3.05) is 7.11 Å². The highest BCUT2D eigenvalue weighted by atomic mass is 35.5. The first-order valence-electron chi connectivity index (χ1n) is 8.19. The highest BCUT2D eigenvalue weighted by Gasteiger charge is 2.38. The molecule has 0 radical (unpaired) electrons. The molecule has 0 spiro atoms. The van der Waals surface area contributed by atoms with Crippen LogP contribution < -0.4 is 11.2 Å². The van der Waals surface area contributed by atoms with Gasteiger partial charge in [-0.25, -0.2) is 13.8 Å². The Morgan fingerprint density at radius 2 is 1.93 bits per heavy atom. The van der Waals surface area contributed by atoms with E-state index in [1.807, 2.05) is 0 Å². The number of nitriles is 1. The molecule has 1 unspecified atom stereocenters. The molecule has 12 heteroatoms. The number of hydrogen-bond acceptors (Lipinski definition) is 5. The van der Waals surface area contributed by atoms with Crippen LogP contribution in [0.3, 0.4) is 0 Å². The number of esters is 1. The average molecular weight is 448 g/mol. The van der Waals surface area contributed by atoms with Crippen molar-refractivity contribution in [1.82, 2.24) is 9.13 Å². The number of rotatable bonds is 4. The second-order valence-corrected chi connectivity index (χ2v) is 6.75. The van der Waals surface area contributed by atoms with Crippen molar-refractivity contribution >= 4 is 17.6 Å². The van der Waals surface area contributed by atoms with E-state index in [0.29, 0.717) is 6.07 Å². The third-order valence-corrected chi connectivity index (χ3v) is 4.68. The first-order chi connectivity index (χ1) is 13.8. The smallest absolute Gasteiger partial charge is 0.432 e. The Labute approximate surface area is 171 Å². The van der Waals surface area contributed by atoms with E-state index in [1.165, 1.54) is 0 Å². The van der Waals surface area contributed by atoms with Gasteiger partial charge in [0.15, 0.2) is 0 Å². The standard InChI is InChI=1S/C18H14ClF4N3O4/c1-8-14(18(21,22)23)25(2)17(29)26(15(8)27)13-6-9(4-11(19)16(28)30-3)10(7-24)5-12(13)20/h5-6,11H,4H2,1-3H3. The van der Waals surface area contributed by atoms with E-state index in [-0.39, 0.29) is 26.7 Å². The number of carbonyl (C=O) groups excluding carboxylic acids is 1. The van der Waals surface area contributed by atoms with Crippen LogP contribution in [0.1, 0.15) is 22.4 Å². The van der Waals surface area contributed by atoms with Crippen LogP contribution in [0.25, 0.3) is 5.69 Å². The second kappa shape index (κ2) is 8.31. The molecule has 0 fully saturated rings. The SMILES string of the molecule is COC(=O)C(Cl)Cc1cc(-n2c(=O)c(C)c(C(F)(F)F)n(C)c2=O)c(F)cc1C#N. The van der Waals surface area contributed by atoms with Crippen molar-refractivity contribution in [3.63, 3.8) is 0 Å². The van der Waals surface area contributed by atoms with Gasteiger partial charge in [0.05, 0.1) is 24.4 Å². The maximum absolute atomic E-state index is 14.6. The fourth-order valence-corrected chi connectivity index (χ4v) is 3.18. The van der Waals surface area contributed by atoms with E-state index in [1.54, 1.807) is 6.07 Å². The first kappa shape index (κ1) is 23.2. The zero-order chi connectivity index (χ0) is 23.0. The molecule has 1 heterocycles. The minimum Gasteiger partial charge on any atom is -0.468 e. The lowest BCUT2D eigenvalue weighted by molar-refractivity contribution is -0.144. The number of carbonyl (C=O) groups is 1. The van der Waals surface area contributed by atoms with Gasteiger partial charge in [-0.2, -0.15) is 18.4 Å². The summed E-state index contributed by atoms with van der Waals surface area (Å²) in [5.74, 6) is -2.04. The lowest BCUT2D eigenvalue weighted by Gasteiger charge is -2.18. The molecule has 2 aromatic rings. The Bertz CT molecular complexity index is 1140. The topological polar surface area (TPSA) is 94.1 Å². The molecule has 7 nitrogen and oxygen atoms in total. The lowest BCUT2D eigenvalue weighted by Crippen LogP contribution is -2.43. The van der Waals surface area contributed by atoms with Crippen molar-refractivity contribution < 1.29 is 27.1 Å². The molecule has 0 saturated carbocycles. The largest absolute Gasteiger partial charge is 0.468 e. The Kier molecular flexibility index (Phi) is 6.42. The monoisotopic (exact) mass is 447 g/mol. The Hall–Kier alpha value is -3.13. The third kappa shape index (κ3) is 4.09. The molecule has 1 aromatic heterocycles. The first-order valence-corrected chi connectivity index (χ1v) is 8.63. The zero-order valence-corrected chi connectivity index (χ0v) is 16.6. The van der Waals surface area contributed by atoms with Gasteiger partial charge >= 0.3 is 17.8 Å². The molecule has 0 aliphatic rings. The molecule has 0 bridgehead atoms. The average Bonchev–Trinajstić information content (AvgIpc) is 2.66. The van der Waals surface area contributed by atoms with Gasteiger partial charge in [0.1, 0.15) is 16.9 Å². The molecule has 30 heavy (non-hydrogen) atoms. The summed E-state index contributed by atoms with van der Waals surface area (Å²) in [7, 11) is 1.87. The maximum Gasteiger partial charge on any atom is 0.432 e. The number of methoxy groups -OCH3 is 1. The van der Waals surface area contributed by atoms with Crippen molar-refractivity contribution in [2.45, 2.75) is 24.9 Å². The molecule has 0 aliphatic carbocycles. The highest BCUT2D eigenvalue weighted by Crippen LogP contribution is 2.29. The Morgan fingerprint density at radius 1 is 1.33 bits per heavy atom. The minimum atomic E-state index is -4.99. The summed E-state index contributed by atoms with van der Waals surface area (Å²) in [5.41, 5.74) is -6.03. The van der Waals surface area contributed by atoms with Gasteiger partial charge in [0.25, 0.3) is 5.56 Å². The molecule has 1 aromatic carbocycles. The molecule has 0 amide bonds. The van der Waals surface area contributed by atoms with Crippen LogP contribution in [0.2, 0.25) is 0 Å². The van der Waals surface area contributed by atoms with Crippen LogP contribution >= 0.6 is 11.6 Å². The van der Waals surface area contributed by atoms with Crippen LogP contribution in [-0.2, 0) is 29.2 Å². The molecule has 0 aliphatic heterocycles. The summed E-state index contributed by atoms with van der Waals surface area (Å²) in [6.07, 6.45) is -5.31. The van der Waals surface area contributed by atoms with Crippen LogP contribution in [0.4, 0.5) is 17.6 Å². The van der Waals surface area contributed by atoms with Crippen LogP contribution in [0.5, 0.6) is 0 Å². The van der Waals surface area contributed by atoms with Crippen molar-refractivity contribution in [3.05, 3.63) is 61.2 Å². The van der Waals surface area contributed by atoms with Crippen molar-refractivity contribution in [2.24, 2.45) is 7.05 Å². The number of ether oxygens (including phenoxy) is 1. The summed E-state index contributed by atoms with van der Waals surface area (Å²) in [6, 6.07) is 3.31. The van der Waals surface area contributed by atoms with E-state index in [2.05, 4.69) is 4.74 Å². The maximum atomic E-state index is 14.6. The summed E-state index contributed by atoms with van der Waals surface area (Å²) in [5, 5.41) is 7.93. The summed E-state index contributed by atoms with van der Waals surface area (Å²) in [4.78, 5) is 36.6. The lowest BCUT2D eigenvalue weighted by atomic mass is 10.0. The van der Waals surface area contributed by atoms with Gasteiger partial charge in [-0.1, -0.05) is 0 Å². The zero-order valence-electron chi connectivity index (χ0n) is 15.8. The molecule has 0 saturated heterocycles. The van der Waals surface area contributed by atoms with Gasteiger partial charge < -0.3 is 4.74 Å². The number of hydrogen-bond donors (Lipinski definition) is 0. The quantitative estimate of drug-likeness (QED) is 0.407. The molecule has 1 atom stereocenters. The third-order valence-electron chi connectivity index (χ3n) is 4.35. The fourth-order valence-electron chi connectivity index (χ4n) is 2.92. The van der Waals surface area contributed by atoms with E-state index in [4.69, 9.17) is 11.6 Å². The number of aromatic nitrogens is 2. The minimum absolute atomic E-state index is 0.00851. The Morgan fingerprint density at radius 3 is 2.43 bits per heavy atom. The van der Waals surface area contributed by atoms with Crippen LogP contribution in [0, 0.1) is 24.1 Å². The van der Waals surface area contributed by atoms with E-state index in [9.17, 15) is 37.2 Å². The number of benzene rings is 1. The fraction of sp³-hybridized carbons (Fsp3) is 0.333. The van der Waals surface area contributed by atoms with Gasteiger partial charge in [-0.05, 0) is 24.6 Å². The number of nitrogens with zero attached hydrogens (tertiary/aromatic N) is 3. The predicted molar refractivity (Wildman–Crippen MR) is 97.1 cm³/mol.